The maximum absolute atomic E-state index is 12.9. The molecule has 0 radical (unpaired) electrons. The second-order valence-electron chi connectivity index (χ2n) is 5.14. The van der Waals surface area contributed by atoms with Crippen molar-refractivity contribution < 1.29 is 19.0 Å². The van der Waals surface area contributed by atoms with Crippen LogP contribution in [0.5, 0.6) is 17.2 Å². The first kappa shape index (κ1) is 18.1. The second kappa shape index (κ2) is 8.06. The number of methoxy groups -OCH3 is 2. The number of halogens is 1. The zero-order chi connectivity index (χ0) is 17.7. The highest BCUT2D eigenvalue weighted by Gasteiger charge is 2.25. The first-order valence-corrected chi connectivity index (χ1v) is 8.27. The maximum Gasteiger partial charge on any atom is 0.207 e. The normalized spacial score (nSPS) is 11.7. The number of ketones is 1. The van der Waals surface area contributed by atoms with Crippen LogP contribution in [0, 0.1) is 0 Å². The van der Waals surface area contributed by atoms with Crippen molar-refractivity contribution in [2.75, 3.05) is 20.0 Å². The summed E-state index contributed by atoms with van der Waals surface area (Å²) in [5.41, 5.74) is 6.75. The summed E-state index contributed by atoms with van der Waals surface area (Å²) < 4.78 is 17.1. The van der Waals surface area contributed by atoms with Gasteiger partial charge in [-0.1, -0.05) is 13.0 Å². The number of benzene rings is 2. The fourth-order valence-electron chi connectivity index (χ4n) is 2.30. The first-order valence-electron chi connectivity index (χ1n) is 7.48. The maximum atomic E-state index is 12.9. The minimum atomic E-state index is -0.647. The SMILES string of the molecule is CCC(Oc1cccc(N)c1)C(=O)c1cc(OC)c(Br)cc1OC. The smallest absolute Gasteiger partial charge is 0.207 e. The molecule has 24 heavy (non-hydrogen) atoms. The number of nitrogen functional groups attached to an aromatic ring is 1. The van der Waals surface area contributed by atoms with Crippen LogP contribution in [0.1, 0.15) is 23.7 Å². The van der Waals surface area contributed by atoms with Crippen molar-refractivity contribution in [1.29, 1.82) is 0 Å². The standard InChI is InChI=1S/C18H20BrNO4/c1-4-15(24-12-7-5-6-11(20)8-12)18(21)13-9-17(23-3)14(19)10-16(13)22-2/h5-10,15H,4,20H2,1-3H3. The summed E-state index contributed by atoms with van der Waals surface area (Å²) in [7, 11) is 3.06. The van der Waals surface area contributed by atoms with E-state index >= 15 is 0 Å². The number of rotatable bonds is 7. The zero-order valence-electron chi connectivity index (χ0n) is 13.8. The van der Waals surface area contributed by atoms with Gasteiger partial charge in [0, 0.05) is 11.8 Å². The molecule has 0 saturated carbocycles. The Labute approximate surface area is 149 Å². The number of nitrogens with two attached hydrogens (primary N) is 1. The number of ether oxygens (including phenoxy) is 3. The molecule has 0 aliphatic rings. The Hall–Kier alpha value is -2.21. The zero-order valence-corrected chi connectivity index (χ0v) is 15.4. The van der Waals surface area contributed by atoms with E-state index in [2.05, 4.69) is 15.9 Å². The molecule has 0 fully saturated rings. The predicted octanol–water partition coefficient (Wildman–Crippen LogP) is 4.09. The van der Waals surface area contributed by atoms with Crippen molar-refractivity contribution in [3.8, 4) is 17.2 Å². The number of hydrogen-bond donors (Lipinski definition) is 1. The third kappa shape index (κ3) is 4.00. The topological polar surface area (TPSA) is 70.8 Å². The third-order valence-electron chi connectivity index (χ3n) is 3.54. The molecule has 0 spiro atoms. The molecule has 2 rings (SSSR count). The van der Waals surface area contributed by atoms with Gasteiger partial charge in [-0.2, -0.15) is 0 Å². The number of Topliss-reactive ketones (excluding diaryl/α,β-unsaturated/α-hetero) is 1. The lowest BCUT2D eigenvalue weighted by atomic mass is 10.0. The van der Waals surface area contributed by atoms with E-state index in [9.17, 15) is 4.79 Å². The van der Waals surface area contributed by atoms with Crippen LogP contribution in [-0.2, 0) is 0 Å². The molecule has 1 unspecified atom stereocenters. The Morgan fingerprint density at radius 3 is 2.46 bits per heavy atom. The molecular formula is C18H20BrNO4. The van der Waals surface area contributed by atoms with E-state index in [1.165, 1.54) is 7.11 Å². The lowest BCUT2D eigenvalue weighted by Gasteiger charge is -2.19. The molecule has 2 aromatic carbocycles. The van der Waals surface area contributed by atoms with Gasteiger partial charge < -0.3 is 19.9 Å². The lowest BCUT2D eigenvalue weighted by Crippen LogP contribution is -2.27. The van der Waals surface area contributed by atoms with Gasteiger partial charge in [0.05, 0.1) is 24.3 Å². The minimum Gasteiger partial charge on any atom is -0.496 e. The molecule has 128 valence electrons. The minimum absolute atomic E-state index is 0.178. The van der Waals surface area contributed by atoms with Crippen LogP contribution < -0.4 is 19.9 Å². The van der Waals surface area contributed by atoms with Crippen LogP contribution in [0.4, 0.5) is 5.69 Å². The lowest BCUT2D eigenvalue weighted by molar-refractivity contribution is 0.0783. The Bertz CT molecular complexity index is 733. The molecule has 0 saturated heterocycles. The van der Waals surface area contributed by atoms with Crippen LogP contribution >= 0.6 is 15.9 Å². The number of carbonyl (C=O) groups is 1. The van der Waals surface area contributed by atoms with Gasteiger partial charge in [-0.25, -0.2) is 0 Å². The van der Waals surface area contributed by atoms with E-state index in [1.807, 2.05) is 6.92 Å². The largest absolute Gasteiger partial charge is 0.496 e. The van der Waals surface area contributed by atoms with Crippen molar-refractivity contribution >= 4 is 27.4 Å². The molecule has 0 bridgehead atoms. The highest BCUT2D eigenvalue weighted by Crippen LogP contribution is 2.34. The van der Waals surface area contributed by atoms with Gasteiger partial charge in [0.1, 0.15) is 17.2 Å². The fourth-order valence-corrected chi connectivity index (χ4v) is 2.79. The monoisotopic (exact) mass is 393 g/mol. The molecule has 5 nitrogen and oxygen atoms in total. The van der Waals surface area contributed by atoms with Gasteiger partial charge in [0.25, 0.3) is 0 Å². The quantitative estimate of drug-likeness (QED) is 0.566. The van der Waals surface area contributed by atoms with E-state index in [-0.39, 0.29) is 5.78 Å². The number of carbonyl (C=O) groups excluding carboxylic acids is 1. The summed E-state index contributed by atoms with van der Waals surface area (Å²) in [5.74, 6) is 1.39. The van der Waals surface area contributed by atoms with Crippen molar-refractivity contribution in [1.82, 2.24) is 0 Å². The van der Waals surface area contributed by atoms with Gasteiger partial charge in [0.2, 0.25) is 5.78 Å². The fraction of sp³-hybridized carbons (Fsp3) is 0.278. The summed E-state index contributed by atoms with van der Waals surface area (Å²) >= 11 is 3.39. The van der Waals surface area contributed by atoms with Crippen LogP contribution in [0.25, 0.3) is 0 Å². The van der Waals surface area contributed by atoms with Gasteiger partial charge >= 0.3 is 0 Å². The Morgan fingerprint density at radius 1 is 1.17 bits per heavy atom. The van der Waals surface area contributed by atoms with E-state index in [1.54, 1.807) is 43.5 Å². The van der Waals surface area contributed by atoms with Crippen molar-refractivity contribution in [3.63, 3.8) is 0 Å². The average Bonchev–Trinajstić information content (AvgIpc) is 2.58. The molecule has 0 aromatic heterocycles. The Kier molecular flexibility index (Phi) is 6.09. The average molecular weight is 394 g/mol. The molecular weight excluding hydrogens is 374 g/mol. The third-order valence-corrected chi connectivity index (χ3v) is 4.16. The van der Waals surface area contributed by atoms with Crippen molar-refractivity contribution in [2.45, 2.75) is 19.4 Å². The first-order chi connectivity index (χ1) is 11.5. The molecule has 0 amide bonds. The van der Waals surface area contributed by atoms with Crippen LogP contribution in [0.15, 0.2) is 40.9 Å². The van der Waals surface area contributed by atoms with Gasteiger partial charge in [0.15, 0.2) is 6.10 Å². The van der Waals surface area contributed by atoms with E-state index in [4.69, 9.17) is 19.9 Å². The summed E-state index contributed by atoms with van der Waals surface area (Å²) in [6, 6.07) is 10.4. The van der Waals surface area contributed by atoms with Gasteiger partial charge in [-0.15, -0.1) is 0 Å². The molecule has 6 heteroatoms. The number of anilines is 1. The molecule has 1 atom stereocenters. The van der Waals surface area contributed by atoms with Crippen LogP contribution in [-0.4, -0.2) is 26.1 Å². The predicted molar refractivity (Wildman–Crippen MR) is 97.1 cm³/mol. The molecule has 0 aliphatic heterocycles. The Morgan fingerprint density at radius 2 is 1.88 bits per heavy atom. The molecule has 2 N–H and O–H groups in total. The molecule has 2 aromatic rings. The summed E-state index contributed by atoms with van der Waals surface area (Å²) in [4.78, 5) is 12.9. The van der Waals surface area contributed by atoms with Crippen LogP contribution in [0.2, 0.25) is 0 Å². The second-order valence-corrected chi connectivity index (χ2v) is 5.99. The summed E-state index contributed by atoms with van der Waals surface area (Å²) in [6.07, 6.45) is -0.138. The highest BCUT2D eigenvalue weighted by molar-refractivity contribution is 9.10. The van der Waals surface area contributed by atoms with E-state index in [0.29, 0.717) is 39.4 Å². The molecule has 0 heterocycles. The van der Waals surface area contributed by atoms with E-state index < -0.39 is 6.10 Å². The Balaban J connectivity index is 2.34. The van der Waals surface area contributed by atoms with Crippen molar-refractivity contribution in [2.24, 2.45) is 0 Å². The highest BCUT2D eigenvalue weighted by atomic mass is 79.9. The van der Waals surface area contributed by atoms with Gasteiger partial charge in [-0.3, -0.25) is 4.79 Å². The van der Waals surface area contributed by atoms with Gasteiger partial charge in [-0.05, 0) is 46.6 Å². The molecule has 0 aliphatic carbocycles. The summed E-state index contributed by atoms with van der Waals surface area (Å²) in [5, 5.41) is 0. The van der Waals surface area contributed by atoms with Crippen LogP contribution in [0.3, 0.4) is 0 Å². The number of hydrogen-bond acceptors (Lipinski definition) is 5. The van der Waals surface area contributed by atoms with E-state index in [0.717, 1.165) is 0 Å². The summed E-state index contributed by atoms with van der Waals surface area (Å²) in [6.45, 7) is 1.89. The van der Waals surface area contributed by atoms with Crippen molar-refractivity contribution in [3.05, 3.63) is 46.4 Å².